The van der Waals surface area contributed by atoms with Crippen molar-refractivity contribution in [2.75, 3.05) is 0 Å². The molecular formula is C5H10NO2Si. The van der Waals surface area contributed by atoms with Gasteiger partial charge in [0, 0.05) is 0 Å². The summed E-state index contributed by atoms with van der Waals surface area (Å²) < 4.78 is 0. The first kappa shape index (κ1) is 8.63. The fourth-order valence-electron chi connectivity index (χ4n) is 0.540. The third kappa shape index (κ3) is 3.24. The molecule has 0 aliphatic rings. The predicted molar refractivity (Wildman–Crippen MR) is 34.5 cm³/mol. The van der Waals surface area contributed by atoms with Gasteiger partial charge in [0.1, 0.15) is 0 Å². The summed E-state index contributed by atoms with van der Waals surface area (Å²) in [5.74, 6) is 0. The minimum Gasteiger partial charge on any atom is -0.409 e. The lowest BCUT2D eigenvalue weighted by atomic mass is 10.3. The van der Waals surface area contributed by atoms with Crippen LogP contribution < -0.4 is 0 Å². The van der Waals surface area contributed by atoms with E-state index < -0.39 is 14.8 Å². The van der Waals surface area contributed by atoms with E-state index in [1.54, 1.807) is 0 Å². The summed E-state index contributed by atoms with van der Waals surface area (Å²) in [6.07, 6.45) is 1.42. The van der Waals surface area contributed by atoms with Gasteiger partial charge in [-0.2, -0.15) is 5.26 Å². The van der Waals surface area contributed by atoms with E-state index in [2.05, 4.69) is 0 Å². The predicted octanol–water partition coefficient (Wildman–Crippen LogP) is 0.153. The van der Waals surface area contributed by atoms with Crippen LogP contribution in [0.25, 0.3) is 0 Å². The van der Waals surface area contributed by atoms with Crippen LogP contribution in [0.4, 0.5) is 0 Å². The number of rotatable bonds is 3. The van der Waals surface area contributed by atoms with E-state index >= 15 is 0 Å². The average Bonchev–Trinajstić information content (AvgIpc) is 1.82. The second-order valence-corrected chi connectivity index (χ2v) is 3.24. The molecule has 0 aromatic carbocycles. The van der Waals surface area contributed by atoms with Gasteiger partial charge in [-0.3, -0.25) is 0 Å². The Hall–Kier alpha value is -0.373. The molecule has 0 aliphatic carbocycles. The van der Waals surface area contributed by atoms with Crippen molar-refractivity contribution in [2.24, 2.45) is 0 Å². The van der Waals surface area contributed by atoms with E-state index in [9.17, 15) is 0 Å². The summed E-state index contributed by atoms with van der Waals surface area (Å²) in [4.78, 5) is 17.2. The van der Waals surface area contributed by atoms with Gasteiger partial charge in [0.2, 0.25) is 0 Å². The molecule has 9 heavy (non-hydrogen) atoms. The Labute approximate surface area is 56.4 Å². The highest BCUT2D eigenvalue weighted by molar-refractivity contribution is 6.44. The topological polar surface area (TPSA) is 64.2 Å². The molecule has 0 saturated carbocycles. The van der Waals surface area contributed by atoms with E-state index in [-0.39, 0.29) is 0 Å². The van der Waals surface area contributed by atoms with Crippen LogP contribution in [-0.2, 0) is 0 Å². The fourth-order valence-corrected chi connectivity index (χ4v) is 1.20. The van der Waals surface area contributed by atoms with Crippen LogP contribution in [0.15, 0.2) is 0 Å². The number of hydrogen-bond donors (Lipinski definition) is 2. The molecule has 0 aromatic rings. The van der Waals surface area contributed by atoms with Gasteiger partial charge in [0.15, 0.2) is 0 Å². The van der Waals surface area contributed by atoms with Gasteiger partial charge in [0.25, 0.3) is 0 Å². The SMILES string of the molecule is CCCC(C#N)[Si](O)O. The molecular weight excluding hydrogens is 134 g/mol. The zero-order chi connectivity index (χ0) is 7.28. The maximum Gasteiger partial charge on any atom is 0.397 e. The Balaban J connectivity index is 3.58. The normalized spacial score (nSPS) is 13.2. The maximum absolute atomic E-state index is 8.58. The minimum atomic E-state index is -2.35. The average molecular weight is 144 g/mol. The van der Waals surface area contributed by atoms with Crippen LogP contribution in [-0.4, -0.2) is 18.9 Å². The summed E-state index contributed by atoms with van der Waals surface area (Å²) in [5.41, 5.74) is -0.514. The Morgan fingerprint density at radius 3 is 2.33 bits per heavy atom. The summed E-state index contributed by atoms with van der Waals surface area (Å²) >= 11 is 0. The molecule has 51 valence electrons. The lowest BCUT2D eigenvalue weighted by Gasteiger charge is -2.03. The summed E-state index contributed by atoms with van der Waals surface area (Å²) in [7, 11) is -2.35. The first-order chi connectivity index (χ1) is 4.22. The van der Waals surface area contributed by atoms with E-state index in [1.165, 1.54) is 0 Å². The second kappa shape index (κ2) is 4.50. The molecule has 3 nitrogen and oxygen atoms in total. The molecule has 1 unspecified atom stereocenters. The molecule has 0 spiro atoms. The van der Waals surface area contributed by atoms with Crippen LogP contribution in [0.3, 0.4) is 0 Å². The van der Waals surface area contributed by atoms with Gasteiger partial charge in [-0.1, -0.05) is 13.3 Å². The highest BCUT2D eigenvalue weighted by atomic mass is 28.3. The van der Waals surface area contributed by atoms with Crippen LogP contribution >= 0.6 is 0 Å². The van der Waals surface area contributed by atoms with E-state index in [0.29, 0.717) is 6.42 Å². The van der Waals surface area contributed by atoms with Gasteiger partial charge in [-0.25, -0.2) is 0 Å². The molecule has 0 aromatic heterocycles. The highest BCUT2D eigenvalue weighted by Crippen LogP contribution is 2.11. The van der Waals surface area contributed by atoms with Gasteiger partial charge >= 0.3 is 9.28 Å². The first-order valence-electron chi connectivity index (χ1n) is 2.86. The fraction of sp³-hybridized carbons (Fsp3) is 0.800. The first-order valence-corrected chi connectivity index (χ1v) is 4.34. The van der Waals surface area contributed by atoms with Gasteiger partial charge in [-0.05, 0) is 6.42 Å². The highest BCUT2D eigenvalue weighted by Gasteiger charge is 2.19. The standard InChI is InChI=1S/C5H10NO2Si/c1-2-3-5(4-6)9(7)8/h5,7-8H,2-3H2,1H3. The van der Waals surface area contributed by atoms with Gasteiger partial charge < -0.3 is 9.59 Å². The smallest absolute Gasteiger partial charge is 0.397 e. The van der Waals surface area contributed by atoms with Crippen molar-refractivity contribution in [1.29, 1.82) is 5.26 Å². The monoisotopic (exact) mass is 144 g/mol. The van der Waals surface area contributed by atoms with E-state index in [0.717, 1.165) is 6.42 Å². The molecule has 1 radical (unpaired) electrons. The lowest BCUT2D eigenvalue weighted by molar-refractivity contribution is 0.391. The second-order valence-electron chi connectivity index (χ2n) is 1.83. The van der Waals surface area contributed by atoms with Crippen LogP contribution in [0.5, 0.6) is 0 Å². The van der Waals surface area contributed by atoms with E-state index in [4.69, 9.17) is 14.9 Å². The van der Waals surface area contributed by atoms with E-state index in [1.807, 2.05) is 13.0 Å². The molecule has 0 saturated heterocycles. The van der Waals surface area contributed by atoms with Gasteiger partial charge in [0.05, 0.1) is 11.6 Å². The van der Waals surface area contributed by atoms with Crippen molar-refractivity contribution < 1.29 is 9.59 Å². The van der Waals surface area contributed by atoms with Crippen molar-refractivity contribution in [2.45, 2.75) is 25.3 Å². The van der Waals surface area contributed by atoms with Crippen molar-refractivity contribution in [1.82, 2.24) is 0 Å². The van der Waals surface area contributed by atoms with Gasteiger partial charge in [-0.15, -0.1) is 0 Å². The molecule has 4 heteroatoms. The van der Waals surface area contributed by atoms with Crippen LogP contribution in [0.1, 0.15) is 19.8 Å². The molecule has 0 amide bonds. The Kier molecular flexibility index (Phi) is 4.31. The summed E-state index contributed by atoms with van der Waals surface area (Å²) in [5, 5.41) is 8.28. The molecule has 2 N–H and O–H groups in total. The maximum atomic E-state index is 8.58. The largest absolute Gasteiger partial charge is 0.409 e. The van der Waals surface area contributed by atoms with Crippen molar-refractivity contribution in [3.8, 4) is 6.07 Å². The Morgan fingerprint density at radius 2 is 2.22 bits per heavy atom. The Morgan fingerprint density at radius 1 is 1.67 bits per heavy atom. The Bertz CT molecular complexity index is 110. The number of hydrogen-bond acceptors (Lipinski definition) is 3. The molecule has 0 rings (SSSR count). The summed E-state index contributed by atoms with van der Waals surface area (Å²) in [6, 6.07) is 1.85. The molecule has 0 heterocycles. The number of nitriles is 1. The molecule has 0 fully saturated rings. The molecule has 1 atom stereocenters. The third-order valence-corrected chi connectivity index (χ3v) is 2.09. The van der Waals surface area contributed by atoms with Crippen molar-refractivity contribution in [3.05, 3.63) is 0 Å². The third-order valence-electron chi connectivity index (χ3n) is 1.04. The van der Waals surface area contributed by atoms with Crippen LogP contribution in [0.2, 0.25) is 5.54 Å². The zero-order valence-corrected chi connectivity index (χ0v) is 6.33. The summed E-state index contributed by atoms with van der Waals surface area (Å²) in [6.45, 7) is 1.91. The van der Waals surface area contributed by atoms with Crippen molar-refractivity contribution in [3.63, 3.8) is 0 Å². The number of nitrogens with zero attached hydrogens (tertiary/aromatic N) is 1. The lowest BCUT2D eigenvalue weighted by Crippen LogP contribution is -2.18. The zero-order valence-electron chi connectivity index (χ0n) is 5.33. The van der Waals surface area contributed by atoms with Crippen molar-refractivity contribution >= 4 is 9.28 Å². The minimum absolute atomic E-state index is 0.514. The molecule has 0 bridgehead atoms. The molecule has 0 aliphatic heterocycles. The van der Waals surface area contributed by atoms with Crippen LogP contribution in [0, 0.1) is 11.3 Å². The quantitative estimate of drug-likeness (QED) is 0.554.